The van der Waals surface area contributed by atoms with Crippen molar-refractivity contribution in [1.29, 1.82) is 0 Å². The molecule has 6 heteroatoms. The lowest BCUT2D eigenvalue weighted by Gasteiger charge is -2.05. The van der Waals surface area contributed by atoms with E-state index in [0.717, 1.165) is 21.7 Å². The Labute approximate surface area is 117 Å². The molecule has 0 amide bonds. The number of thiazole rings is 1. The number of nitrogens with one attached hydrogen (secondary N) is 1. The second-order valence-corrected chi connectivity index (χ2v) is 5.48. The normalized spacial score (nSPS) is 10.6. The first-order valence-electron chi connectivity index (χ1n) is 5.35. The summed E-state index contributed by atoms with van der Waals surface area (Å²) < 4.78 is 19.6. The SMILES string of the molecule is CNCc1nc(COc2cc(Br)ccc2F)cs1. The Morgan fingerprint density at radius 3 is 3.11 bits per heavy atom. The molecule has 0 aliphatic carbocycles. The van der Waals surface area contributed by atoms with Crippen molar-refractivity contribution in [3.63, 3.8) is 0 Å². The first-order chi connectivity index (χ1) is 8.69. The van der Waals surface area contributed by atoms with Gasteiger partial charge in [0.2, 0.25) is 0 Å². The lowest BCUT2D eigenvalue weighted by atomic mass is 10.3. The molecule has 0 saturated carbocycles. The monoisotopic (exact) mass is 330 g/mol. The topological polar surface area (TPSA) is 34.2 Å². The molecule has 1 aromatic carbocycles. The summed E-state index contributed by atoms with van der Waals surface area (Å²) in [6.45, 7) is 1.00. The molecule has 1 N–H and O–H groups in total. The maximum absolute atomic E-state index is 13.4. The molecule has 2 aromatic rings. The zero-order valence-corrected chi connectivity index (χ0v) is 12.1. The lowest BCUT2D eigenvalue weighted by Crippen LogP contribution is -2.05. The zero-order chi connectivity index (χ0) is 13.0. The number of halogens is 2. The largest absolute Gasteiger partial charge is 0.484 e. The molecule has 0 unspecified atom stereocenters. The molecule has 0 radical (unpaired) electrons. The summed E-state index contributed by atoms with van der Waals surface area (Å²) in [7, 11) is 1.87. The van der Waals surface area contributed by atoms with Crippen LogP contribution in [0.1, 0.15) is 10.7 Å². The smallest absolute Gasteiger partial charge is 0.165 e. The average Bonchev–Trinajstić information content (AvgIpc) is 2.79. The van der Waals surface area contributed by atoms with Crippen LogP contribution >= 0.6 is 27.3 Å². The van der Waals surface area contributed by atoms with E-state index in [0.29, 0.717) is 0 Å². The quantitative estimate of drug-likeness (QED) is 0.912. The molecule has 2 rings (SSSR count). The first-order valence-corrected chi connectivity index (χ1v) is 7.02. The number of hydrogen-bond donors (Lipinski definition) is 1. The van der Waals surface area contributed by atoms with E-state index < -0.39 is 0 Å². The van der Waals surface area contributed by atoms with Crippen molar-refractivity contribution in [3.05, 3.63) is 44.6 Å². The van der Waals surface area contributed by atoms with Crippen molar-refractivity contribution < 1.29 is 9.13 Å². The summed E-state index contributed by atoms with van der Waals surface area (Å²) >= 11 is 4.84. The van der Waals surface area contributed by atoms with Gasteiger partial charge in [-0.25, -0.2) is 9.37 Å². The number of ether oxygens (including phenoxy) is 1. The standard InChI is InChI=1S/C12H12BrFN2OS/c1-15-5-12-16-9(7-18-12)6-17-11-4-8(13)2-3-10(11)14/h2-4,7,15H,5-6H2,1H3. The summed E-state index contributed by atoms with van der Waals surface area (Å²) in [6.07, 6.45) is 0. The molecule has 1 aromatic heterocycles. The Bertz CT molecular complexity index is 533. The minimum atomic E-state index is -0.371. The van der Waals surface area contributed by atoms with E-state index in [1.807, 2.05) is 12.4 Å². The van der Waals surface area contributed by atoms with E-state index in [-0.39, 0.29) is 18.2 Å². The summed E-state index contributed by atoms with van der Waals surface area (Å²) in [6, 6.07) is 4.61. The summed E-state index contributed by atoms with van der Waals surface area (Å²) in [4.78, 5) is 4.36. The van der Waals surface area contributed by atoms with Crippen LogP contribution in [0.3, 0.4) is 0 Å². The van der Waals surface area contributed by atoms with E-state index in [9.17, 15) is 4.39 Å². The van der Waals surface area contributed by atoms with Gasteiger partial charge in [0.25, 0.3) is 0 Å². The van der Waals surface area contributed by atoms with E-state index in [4.69, 9.17) is 4.74 Å². The molecule has 0 spiro atoms. The predicted molar refractivity (Wildman–Crippen MR) is 73.3 cm³/mol. The molecule has 0 aliphatic heterocycles. The van der Waals surface area contributed by atoms with Gasteiger partial charge < -0.3 is 10.1 Å². The van der Waals surface area contributed by atoms with Crippen LogP contribution in [0.15, 0.2) is 28.1 Å². The number of aromatic nitrogens is 1. The van der Waals surface area contributed by atoms with Crippen LogP contribution in [0.25, 0.3) is 0 Å². The zero-order valence-electron chi connectivity index (χ0n) is 9.74. The number of benzene rings is 1. The van der Waals surface area contributed by atoms with Gasteiger partial charge in [-0.2, -0.15) is 0 Å². The fraction of sp³-hybridized carbons (Fsp3) is 0.250. The highest BCUT2D eigenvalue weighted by molar-refractivity contribution is 9.10. The second kappa shape index (κ2) is 6.26. The van der Waals surface area contributed by atoms with Gasteiger partial charge in [-0.3, -0.25) is 0 Å². The number of nitrogens with zero attached hydrogens (tertiary/aromatic N) is 1. The molecule has 0 fully saturated rings. The molecule has 1 heterocycles. The highest BCUT2D eigenvalue weighted by Crippen LogP contribution is 2.23. The summed E-state index contributed by atoms with van der Waals surface area (Å²) in [5, 5.41) is 5.94. The Kier molecular flexibility index (Phi) is 4.68. The van der Waals surface area contributed by atoms with Gasteiger partial charge in [0.05, 0.1) is 5.69 Å². The van der Waals surface area contributed by atoms with Crippen molar-refractivity contribution in [3.8, 4) is 5.75 Å². The molecule has 0 aliphatic rings. The van der Waals surface area contributed by atoms with Crippen molar-refractivity contribution in [2.45, 2.75) is 13.2 Å². The van der Waals surface area contributed by atoms with Gasteiger partial charge in [-0.15, -0.1) is 11.3 Å². The van der Waals surface area contributed by atoms with Gasteiger partial charge >= 0.3 is 0 Å². The van der Waals surface area contributed by atoms with Crippen LogP contribution in [0.4, 0.5) is 4.39 Å². The highest BCUT2D eigenvalue weighted by atomic mass is 79.9. The van der Waals surface area contributed by atoms with Crippen molar-refractivity contribution in [1.82, 2.24) is 10.3 Å². The Morgan fingerprint density at radius 1 is 1.50 bits per heavy atom. The maximum atomic E-state index is 13.4. The molecule has 0 saturated heterocycles. The summed E-state index contributed by atoms with van der Waals surface area (Å²) in [5.74, 6) is -0.142. The molecular formula is C12H12BrFN2OS. The average molecular weight is 331 g/mol. The highest BCUT2D eigenvalue weighted by Gasteiger charge is 2.06. The van der Waals surface area contributed by atoms with E-state index in [1.165, 1.54) is 6.07 Å². The first kappa shape index (κ1) is 13.5. The number of rotatable bonds is 5. The van der Waals surface area contributed by atoms with E-state index in [1.54, 1.807) is 23.5 Å². The van der Waals surface area contributed by atoms with Crippen LogP contribution in [-0.4, -0.2) is 12.0 Å². The van der Waals surface area contributed by atoms with Gasteiger partial charge in [0, 0.05) is 16.4 Å². The fourth-order valence-corrected chi connectivity index (χ4v) is 2.52. The minimum absolute atomic E-state index is 0.229. The molecular weight excluding hydrogens is 319 g/mol. The fourth-order valence-electron chi connectivity index (χ4n) is 1.39. The molecule has 18 heavy (non-hydrogen) atoms. The Morgan fingerprint density at radius 2 is 2.33 bits per heavy atom. The van der Waals surface area contributed by atoms with Gasteiger partial charge in [0.1, 0.15) is 11.6 Å². The third-order valence-corrected chi connectivity index (χ3v) is 3.59. The van der Waals surface area contributed by atoms with Crippen LogP contribution in [0, 0.1) is 5.82 Å². The predicted octanol–water partition coefficient (Wildman–Crippen LogP) is 3.34. The Balaban J connectivity index is 1.99. The number of hydrogen-bond acceptors (Lipinski definition) is 4. The van der Waals surface area contributed by atoms with E-state index >= 15 is 0 Å². The second-order valence-electron chi connectivity index (χ2n) is 3.63. The molecule has 0 bridgehead atoms. The molecule has 0 atom stereocenters. The third-order valence-electron chi connectivity index (χ3n) is 2.20. The van der Waals surface area contributed by atoms with Gasteiger partial charge in [0.15, 0.2) is 11.6 Å². The van der Waals surface area contributed by atoms with Crippen molar-refractivity contribution in [2.75, 3.05) is 7.05 Å². The lowest BCUT2D eigenvalue weighted by molar-refractivity contribution is 0.286. The van der Waals surface area contributed by atoms with Crippen LogP contribution in [0.5, 0.6) is 5.75 Å². The van der Waals surface area contributed by atoms with Gasteiger partial charge in [-0.05, 0) is 25.2 Å². The van der Waals surface area contributed by atoms with Crippen LogP contribution in [-0.2, 0) is 13.2 Å². The van der Waals surface area contributed by atoms with Gasteiger partial charge in [-0.1, -0.05) is 15.9 Å². The van der Waals surface area contributed by atoms with Crippen molar-refractivity contribution in [2.24, 2.45) is 0 Å². The molecule has 3 nitrogen and oxygen atoms in total. The summed E-state index contributed by atoms with van der Waals surface area (Å²) in [5.41, 5.74) is 0.810. The Hall–Kier alpha value is -0.980. The molecule has 96 valence electrons. The minimum Gasteiger partial charge on any atom is -0.484 e. The van der Waals surface area contributed by atoms with E-state index in [2.05, 4.69) is 26.2 Å². The van der Waals surface area contributed by atoms with Crippen LogP contribution < -0.4 is 10.1 Å². The third kappa shape index (κ3) is 3.51. The van der Waals surface area contributed by atoms with Crippen LogP contribution in [0.2, 0.25) is 0 Å². The van der Waals surface area contributed by atoms with Crippen molar-refractivity contribution >= 4 is 27.3 Å². The maximum Gasteiger partial charge on any atom is 0.165 e.